The van der Waals surface area contributed by atoms with E-state index in [9.17, 15) is 22.8 Å². The number of ether oxygens (including phenoxy) is 1. The number of hydrogen-bond acceptors (Lipinski definition) is 7. The van der Waals surface area contributed by atoms with Crippen LogP contribution in [0.4, 0.5) is 13.2 Å². The molecule has 5 rings (SSSR count). The molecule has 11 heteroatoms. The zero-order chi connectivity index (χ0) is 25.4. The SMILES string of the molecule is COc1ccc(Cc2nn3c(=O)c(=Cc4ccc(-c5cccc(C(F)(F)F)c5)o4)sc3nc2=O)cc1. The normalized spacial score (nSPS) is 12.4. The van der Waals surface area contributed by atoms with Crippen LogP contribution in [0.2, 0.25) is 0 Å². The van der Waals surface area contributed by atoms with E-state index in [1.165, 1.54) is 24.3 Å². The quantitative estimate of drug-likeness (QED) is 0.355. The van der Waals surface area contributed by atoms with Crippen molar-refractivity contribution in [2.75, 3.05) is 7.11 Å². The van der Waals surface area contributed by atoms with E-state index in [0.29, 0.717) is 5.75 Å². The number of benzene rings is 2. The number of aromatic nitrogens is 3. The van der Waals surface area contributed by atoms with Crippen LogP contribution in [0.15, 0.2) is 74.7 Å². The van der Waals surface area contributed by atoms with Crippen molar-refractivity contribution in [2.24, 2.45) is 0 Å². The topological polar surface area (TPSA) is 86.7 Å². The maximum absolute atomic E-state index is 13.0. The number of rotatable bonds is 5. The van der Waals surface area contributed by atoms with Crippen molar-refractivity contribution < 1.29 is 22.3 Å². The lowest BCUT2D eigenvalue weighted by Crippen LogP contribution is -2.28. The van der Waals surface area contributed by atoms with Crippen molar-refractivity contribution in [3.05, 3.63) is 108 Å². The van der Waals surface area contributed by atoms with Gasteiger partial charge in [-0.1, -0.05) is 35.6 Å². The standard InChI is InChI=1S/C25H16F3N3O4S/c1-34-17-7-5-14(6-8-17)11-19-22(32)29-24-31(30-19)23(33)21(36-24)13-18-9-10-20(35-18)15-3-2-4-16(12-15)25(26,27)28/h2-10,12-13H,11H2,1H3. The van der Waals surface area contributed by atoms with E-state index < -0.39 is 22.9 Å². The fourth-order valence-electron chi connectivity index (χ4n) is 3.55. The number of alkyl halides is 3. The lowest BCUT2D eigenvalue weighted by Gasteiger charge is -2.07. The van der Waals surface area contributed by atoms with Gasteiger partial charge in [0, 0.05) is 18.1 Å². The molecule has 0 unspecified atom stereocenters. The summed E-state index contributed by atoms with van der Waals surface area (Å²) in [5.41, 5.74) is -0.655. The Labute approximate surface area is 204 Å². The van der Waals surface area contributed by atoms with Gasteiger partial charge in [-0.15, -0.1) is 0 Å². The number of nitrogens with zero attached hydrogens (tertiary/aromatic N) is 3. The summed E-state index contributed by atoms with van der Waals surface area (Å²) in [6, 6.07) is 14.9. The first-order valence-corrected chi connectivity index (χ1v) is 11.4. The number of halogens is 3. The highest BCUT2D eigenvalue weighted by Gasteiger charge is 2.30. The van der Waals surface area contributed by atoms with Crippen LogP contribution in [0, 0.1) is 0 Å². The number of thiazole rings is 1. The van der Waals surface area contributed by atoms with Crippen LogP contribution in [0.5, 0.6) is 5.75 Å². The molecule has 0 aliphatic heterocycles. The molecule has 0 bridgehead atoms. The Morgan fingerprint density at radius 1 is 1.08 bits per heavy atom. The molecule has 0 N–H and O–H groups in total. The summed E-state index contributed by atoms with van der Waals surface area (Å²) in [6.45, 7) is 0. The molecule has 0 atom stereocenters. The molecule has 3 heterocycles. The van der Waals surface area contributed by atoms with Crippen LogP contribution in [0.3, 0.4) is 0 Å². The molecular formula is C25H16F3N3O4S. The summed E-state index contributed by atoms with van der Waals surface area (Å²) in [6.07, 6.45) is -2.85. The molecule has 7 nitrogen and oxygen atoms in total. The lowest BCUT2D eigenvalue weighted by molar-refractivity contribution is -0.137. The molecule has 0 saturated heterocycles. The van der Waals surface area contributed by atoms with Crippen LogP contribution in [0.1, 0.15) is 22.6 Å². The van der Waals surface area contributed by atoms with Crippen molar-refractivity contribution in [3.63, 3.8) is 0 Å². The molecule has 182 valence electrons. The van der Waals surface area contributed by atoms with Crippen LogP contribution in [0.25, 0.3) is 22.4 Å². The first-order chi connectivity index (χ1) is 17.2. The fourth-order valence-corrected chi connectivity index (χ4v) is 4.44. The molecule has 0 radical (unpaired) electrons. The smallest absolute Gasteiger partial charge is 0.416 e. The minimum absolute atomic E-state index is 0.115. The van der Waals surface area contributed by atoms with Gasteiger partial charge in [-0.25, -0.2) is 0 Å². The summed E-state index contributed by atoms with van der Waals surface area (Å²) < 4.78 is 51.1. The van der Waals surface area contributed by atoms with Gasteiger partial charge < -0.3 is 9.15 Å². The average molecular weight is 511 g/mol. The van der Waals surface area contributed by atoms with Crippen molar-refractivity contribution >= 4 is 22.4 Å². The molecule has 0 spiro atoms. The van der Waals surface area contributed by atoms with E-state index in [1.807, 2.05) is 0 Å². The molecule has 2 aromatic carbocycles. The Morgan fingerprint density at radius 3 is 2.58 bits per heavy atom. The minimum atomic E-state index is -4.48. The molecule has 0 amide bonds. The second-order valence-electron chi connectivity index (χ2n) is 7.78. The van der Waals surface area contributed by atoms with Gasteiger partial charge in [-0.2, -0.15) is 27.8 Å². The summed E-state index contributed by atoms with van der Waals surface area (Å²) >= 11 is 0.960. The summed E-state index contributed by atoms with van der Waals surface area (Å²) in [5, 5.41) is 4.21. The predicted octanol–water partition coefficient (Wildman–Crippen LogP) is 3.94. The second-order valence-corrected chi connectivity index (χ2v) is 8.79. The largest absolute Gasteiger partial charge is 0.497 e. The summed E-state index contributed by atoms with van der Waals surface area (Å²) in [5.74, 6) is 1.15. The Bertz CT molecular complexity index is 1740. The molecule has 36 heavy (non-hydrogen) atoms. The third-order valence-corrected chi connectivity index (χ3v) is 6.31. The average Bonchev–Trinajstić information content (AvgIpc) is 3.44. The highest BCUT2D eigenvalue weighted by atomic mass is 32.1. The van der Waals surface area contributed by atoms with Gasteiger partial charge in [-0.05, 0) is 42.0 Å². The van der Waals surface area contributed by atoms with Crippen LogP contribution in [-0.4, -0.2) is 21.7 Å². The lowest BCUT2D eigenvalue weighted by atomic mass is 10.1. The summed E-state index contributed by atoms with van der Waals surface area (Å²) in [7, 11) is 1.55. The molecule has 3 aromatic heterocycles. The van der Waals surface area contributed by atoms with Crippen LogP contribution >= 0.6 is 11.3 Å². The van der Waals surface area contributed by atoms with E-state index in [4.69, 9.17) is 9.15 Å². The van der Waals surface area contributed by atoms with Gasteiger partial charge in [0.1, 0.15) is 27.5 Å². The molecule has 0 saturated carbocycles. The Hall–Kier alpha value is -4.25. The van der Waals surface area contributed by atoms with Gasteiger partial charge in [0.15, 0.2) is 0 Å². The Balaban J connectivity index is 1.48. The number of furan rings is 1. The minimum Gasteiger partial charge on any atom is -0.497 e. The zero-order valence-electron chi connectivity index (χ0n) is 18.6. The molecule has 0 aliphatic carbocycles. The molecule has 0 aliphatic rings. The highest BCUT2D eigenvalue weighted by molar-refractivity contribution is 7.15. The third-order valence-electron chi connectivity index (χ3n) is 5.36. The van der Waals surface area contributed by atoms with Gasteiger partial charge in [-0.3, -0.25) is 9.59 Å². The maximum Gasteiger partial charge on any atom is 0.416 e. The van der Waals surface area contributed by atoms with Crippen LogP contribution < -0.4 is 20.4 Å². The molecular weight excluding hydrogens is 495 g/mol. The van der Waals surface area contributed by atoms with Crippen molar-refractivity contribution in [3.8, 4) is 17.1 Å². The van der Waals surface area contributed by atoms with Crippen molar-refractivity contribution in [2.45, 2.75) is 12.6 Å². The fraction of sp³-hybridized carbons (Fsp3) is 0.120. The van der Waals surface area contributed by atoms with E-state index >= 15 is 0 Å². The second kappa shape index (κ2) is 9.08. The number of hydrogen-bond donors (Lipinski definition) is 0. The zero-order valence-corrected chi connectivity index (χ0v) is 19.4. The first kappa shape index (κ1) is 23.5. The van der Waals surface area contributed by atoms with E-state index in [1.54, 1.807) is 37.4 Å². The monoisotopic (exact) mass is 511 g/mol. The summed E-state index contributed by atoms with van der Waals surface area (Å²) in [4.78, 5) is 29.5. The molecule has 5 aromatic rings. The van der Waals surface area contributed by atoms with Gasteiger partial charge in [0.25, 0.3) is 11.1 Å². The van der Waals surface area contributed by atoms with Gasteiger partial charge in [0.05, 0.1) is 12.7 Å². The van der Waals surface area contributed by atoms with E-state index in [-0.39, 0.29) is 38.7 Å². The predicted molar refractivity (Wildman–Crippen MR) is 127 cm³/mol. The van der Waals surface area contributed by atoms with Gasteiger partial charge in [0.2, 0.25) is 4.96 Å². The van der Waals surface area contributed by atoms with Crippen molar-refractivity contribution in [1.82, 2.24) is 14.6 Å². The number of methoxy groups -OCH3 is 1. The van der Waals surface area contributed by atoms with Crippen molar-refractivity contribution in [1.29, 1.82) is 0 Å². The Morgan fingerprint density at radius 2 is 1.86 bits per heavy atom. The van der Waals surface area contributed by atoms with E-state index in [0.717, 1.165) is 33.5 Å². The highest BCUT2D eigenvalue weighted by Crippen LogP contribution is 2.32. The Kier molecular flexibility index (Phi) is 5.92. The van der Waals surface area contributed by atoms with Crippen LogP contribution in [-0.2, 0) is 12.6 Å². The molecule has 0 fully saturated rings. The first-order valence-electron chi connectivity index (χ1n) is 10.6. The van der Waals surface area contributed by atoms with Gasteiger partial charge >= 0.3 is 6.18 Å². The number of fused-ring (bicyclic) bond motifs is 1. The maximum atomic E-state index is 13.0. The third kappa shape index (κ3) is 4.65. The van der Waals surface area contributed by atoms with E-state index in [2.05, 4.69) is 10.1 Å².